The lowest BCUT2D eigenvalue weighted by molar-refractivity contribution is 0.00578. The average Bonchev–Trinajstić information content (AvgIpc) is 2.94. The fourth-order valence-electron chi connectivity index (χ4n) is 3.11. The maximum atomic E-state index is 6.24. The van der Waals surface area contributed by atoms with Crippen LogP contribution in [-0.4, -0.2) is 24.9 Å². The summed E-state index contributed by atoms with van der Waals surface area (Å²) >= 11 is 0. The van der Waals surface area contributed by atoms with Gasteiger partial charge in [0.2, 0.25) is 0 Å². The third kappa shape index (κ3) is 2.30. The fraction of sp³-hybridized carbons (Fsp3) is 0.625. The molecule has 0 aliphatic carbocycles. The van der Waals surface area contributed by atoms with Gasteiger partial charge in [0.25, 0.3) is 0 Å². The van der Waals surface area contributed by atoms with E-state index in [1.54, 1.807) is 0 Å². The standard InChI is InChI=1S/C16H24BNO2/c1-15(2)16(3,4)20-17(19-15)13-10-11-18-14(13)12-8-6-5-7-9-12/h5-9,13-14,18H,10-11H2,1-4H3. The molecule has 0 spiro atoms. The molecule has 0 saturated carbocycles. The first-order valence-corrected chi connectivity index (χ1v) is 7.55. The molecule has 0 amide bonds. The Morgan fingerprint density at radius 1 is 1.05 bits per heavy atom. The highest BCUT2D eigenvalue weighted by atomic mass is 16.7. The topological polar surface area (TPSA) is 30.5 Å². The van der Waals surface area contributed by atoms with Crippen molar-refractivity contribution in [1.29, 1.82) is 0 Å². The van der Waals surface area contributed by atoms with Crippen LogP contribution in [0.1, 0.15) is 45.7 Å². The second-order valence-corrected chi connectivity index (χ2v) is 6.92. The monoisotopic (exact) mass is 273 g/mol. The van der Waals surface area contributed by atoms with Gasteiger partial charge in [-0.05, 0) is 46.2 Å². The Morgan fingerprint density at radius 3 is 2.25 bits per heavy atom. The minimum absolute atomic E-state index is 0.125. The number of rotatable bonds is 2. The van der Waals surface area contributed by atoms with E-state index < -0.39 is 0 Å². The van der Waals surface area contributed by atoms with Crippen LogP contribution < -0.4 is 5.32 Å². The second kappa shape index (κ2) is 4.87. The smallest absolute Gasteiger partial charge is 0.403 e. The molecule has 0 radical (unpaired) electrons. The molecule has 2 unspecified atom stereocenters. The van der Waals surface area contributed by atoms with Gasteiger partial charge in [-0.25, -0.2) is 0 Å². The number of hydrogen-bond acceptors (Lipinski definition) is 3. The van der Waals surface area contributed by atoms with Crippen molar-refractivity contribution >= 4 is 7.12 Å². The van der Waals surface area contributed by atoms with Crippen LogP contribution in [0.25, 0.3) is 0 Å². The Balaban J connectivity index is 1.81. The van der Waals surface area contributed by atoms with E-state index in [-0.39, 0.29) is 18.3 Å². The first-order chi connectivity index (χ1) is 9.41. The van der Waals surface area contributed by atoms with Crippen LogP contribution >= 0.6 is 0 Å². The van der Waals surface area contributed by atoms with E-state index in [2.05, 4.69) is 63.3 Å². The molecule has 2 aliphatic heterocycles. The summed E-state index contributed by atoms with van der Waals surface area (Å²) in [5.41, 5.74) is 0.827. The predicted molar refractivity (Wildman–Crippen MR) is 81.6 cm³/mol. The van der Waals surface area contributed by atoms with Gasteiger partial charge in [-0.3, -0.25) is 0 Å². The SMILES string of the molecule is CC1(C)OB(C2CCNC2c2ccccc2)OC1(C)C. The van der Waals surface area contributed by atoms with Gasteiger partial charge in [0.1, 0.15) is 0 Å². The first kappa shape index (κ1) is 14.1. The zero-order valence-corrected chi connectivity index (χ0v) is 12.8. The minimum atomic E-state index is -0.249. The van der Waals surface area contributed by atoms with Gasteiger partial charge in [0.05, 0.1) is 11.2 Å². The van der Waals surface area contributed by atoms with Crippen LogP contribution in [-0.2, 0) is 9.31 Å². The van der Waals surface area contributed by atoms with E-state index in [0.29, 0.717) is 11.9 Å². The first-order valence-electron chi connectivity index (χ1n) is 7.55. The van der Waals surface area contributed by atoms with Crippen LogP contribution in [0.5, 0.6) is 0 Å². The number of nitrogens with one attached hydrogen (secondary N) is 1. The third-order valence-electron chi connectivity index (χ3n) is 5.05. The average molecular weight is 273 g/mol. The fourth-order valence-corrected chi connectivity index (χ4v) is 3.11. The summed E-state index contributed by atoms with van der Waals surface area (Å²) in [7, 11) is -0.125. The molecule has 108 valence electrons. The van der Waals surface area contributed by atoms with E-state index in [0.717, 1.165) is 13.0 Å². The maximum absolute atomic E-state index is 6.24. The Labute approximate surface area is 122 Å². The van der Waals surface area contributed by atoms with Crippen molar-refractivity contribution in [2.24, 2.45) is 0 Å². The molecule has 3 rings (SSSR count). The molecular weight excluding hydrogens is 249 g/mol. The lowest BCUT2D eigenvalue weighted by atomic mass is 9.66. The second-order valence-electron chi connectivity index (χ2n) is 6.92. The molecule has 2 aliphatic rings. The zero-order valence-electron chi connectivity index (χ0n) is 12.8. The van der Waals surface area contributed by atoms with Gasteiger partial charge in [0, 0.05) is 11.9 Å². The Morgan fingerprint density at radius 2 is 1.65 bits per heavy atom. The van der Waals surface area contributed by atoms with Crippen molar-refractivity contribution in [3.05, 3.63) is 35.9 Å². The third-order valence-corrected chi connectivity index (χ3v) is 5.05. The van der Waals surface area contributed by atoms with Gasteiger partial charge in [-0.2, -0.15) is 0 Å². The lowest BCUT2D eigenvalue weighted by Crippen LogP contribution is -2.41. The highest BCUT2D eigenvalue weighted by Gasteiger charge is 2.55. The minimum Gasteiger partial charge on any atom is -0.403 e. The predicted octanol–water partition coefficient (Wildman–Crippen LogP) is 3.18. The molecule has 0 aromatic heterocycles. The van der Waals surface area contributed by atoms with Gasteiger partial charge in [0.15, 0.2) is 0 Å². The maximum Gasteiger partial charge on any atom is 0.463 e. The molecule has 0 bridgehead atoms. The number of hydrogen-bond donors (Lipinski definition) is 1. The quantitative estimate of drug-likeness (QED) is 0.839. The number of benzene rings is 1. The van der Waals surface area contributed by atoms with E-state index in [9.17, 15) is 0 Å². The Bertz CT molecular complexity index is 459. The molecule has 1 N–H and O–H groups in total. The summed E-state index contributed by atoms with van der Waals surface area (Å²) in [6.07, 6.45) is 1.09. The summed E-state index contributed by atoms with van der Waals surface area (Å²) in [6.45, 7) is 9.49. The van der Waals surface area contributed by atoms with Crippen molar-refractivity contribution in [3.63, 3.8) is 0 Å². The van der Waals surface area contributed by atoms with Crippen LogP contribution in [0, 0.1) is 0 Å². The molecule has 20 heavy (non-hydrogen) atoms. The molecule has 1 aromatic carbocycles. The van der Waals surface area contributed by atoms with Crippen molar-refractivity contribution in [3.8, 4) is 0 Å². The van der Waals surface area contributed by atoms with Crippen LogP contribution in [0.4, 0.5) is 0 Å². The van der Waals surface area contributed by atoms with Crippen molar-refractivity contribution in [2.75, 3.05) is 6.54 Å². The molecule has 2 fully saturated rings. The molecule has 2 heterocycles. The molecule has 2 atom stereocenters. The summed E-state index contributed by atoms with van der Waals surface area (Å²) in [5, 5.41) is 3.59. The molecule has 2 saturated heterocycles. The summed E-state index contributed by atoms with van der Waals surface area (Å²) in [6, 6.07) is 10.9. The Kier molecular flexibility index (Phi) is 3.43. The molecular formula is C16H24BNO2. The molecule has 4 heteroatoms. The van der Waals surface area contributed by atoms with E-state index in [4.69, 9.17) is 9.31 Å². The summed E-state index contributed by atoms with van der Waals surface area (Å²) in [4.78, 5) is 0. The summed E-state index contributed by atoms with van der Waals surface area (Å²) < 4.78 is 12.5. The highest BCUT2D eigenvalue weighted by molar-refractivity contribution is 6.47. The van der Waals surface area contributed by atoms with Crippen molar-refractivity contribution < 1.29 is 9.31 Å². The Hall–Kier alpha value is -0.835. The van der Waals surface area contributed by atoms with Crippen LogP contribution in [0.2, 0.25) is 5.82 Å². The molecule has 3 nitrogen and oxygen atoms in total. The largest absolute Gasteiger partial charge is 0.463 e. The normalized spacial score (nSPS) is 31.7. The van der Waals surface area contributed by atoms with Crippen molar-refractivity contribution in [1.82, 2.24) is 5.32 Å². The van der Waals surface area contributed by atoms with Crippen molar-refractivity contribution in [2.45, 2.75) is 57.2 Å². The van der Waals surface area contributed by atoms with Crippen LogP contribution in [0.3, 0.4) is 0 Å². The van der Waals surface area contributed by atoms with Gasteiger partial charge in [-0.1, -0.05) is 30.3 Å². The zero-order chi connectivity index (χ0) is 14.4. The highest BCUT2D eigenvalue weighted by Crippen LogP contribution is 2.46. The van der Waals surface area contributed by atoms with Gasteiger partial charge < -0.3 is 14.6 Å². The van der Waals surface area contributed by atoms with Gasteiger partial charge in [-0.15, -0.1) is 0 Å². The van der Waals surface area contributed by atoms with E-state index >= 15 is 0 Å². The summed E-state index contributed by atoms with van der Waals surface area (Å²) in [5.74, 6) is 0.374. The van der Waals surface area contributed by atoms with E-state index in [1.165, 1.54) is 5.56 Å². The van der Waals surface area contributed by atoms with Crippen LogP contribution in [0.15, 0.2) is 30.3 Å². The molecule has 1 aromatic rings. The lowest BCUT2D eigenvalue weighted by Gasteiger charge is -2.32. The van der Waals surface area contributed by atoms with Gasteiger partial charge >= 0.3 is 7.12 Å². The van der Waals surface area contributed by atoms with E-state index in [1.807, 2.05) is 0 Å².